The fourth-order valence-electron chi connectivity index (χ4n) is 2.00. The number of aromatic nitrogens is 1. The van der Waals surface area contributed by atoms with Crippen molar-refractivity contribution in [2.75, 3.05) is 24.8 Å². The summed E-state index contributed by atoms with van der Waals surface area (Å²) in [5.41, 5.74) is 0.416. The molecule has 2 aromatic rings. The molecule has 0 fully saturated rings. The van der Waals surface area contributed by atoms with Gasteiger partial charge in [-0.2, -0.15) is 0 Å². The number of nitrogens with one attached hydrogen (secondary N) is 1. The Hall–Kier alpha value is -2.66. The molecule has 0 aliphatic heterocycles. The molecule has 1 amide bonds. The largest absolute Gasteiger partial charge is 0.496 e. The van der Waals surface area contributed by atoms with Crippen LogP contribution in [0.15, 0.2) is 27.9 Å². The van der Waals surface area contributed by atoms with Crippen LogP contribution in [0, 0.1) is 10.1 Å². The molecule has 0 radical (unpaired) electrons. The summed E-state index contributed by atoms with van der Waals surface area (Å²) in [6, 6.07) is 4.18. The number of ether oxygens (including phenoxy) is 2. The van der Waals surface area contributed by atoms with Crippen LogP contribution in [0.4, 0.5) is 11.4 Å². The van der Waals surface area contributed by atoms with Gasteiger partial charge in [0.1, 0.15) is 11.4 Å². The Morgan fingerprint density at radius 1 is 1.41 bits per heavy atom. The number of rotatable bonds is 9. The fourth-order valence-corrected chi connectivity index (χ4v) is 3.65. The molecule has 1 N–H and O–H groups in total. The molecule has 0 saturated heterocycles. The molecule has 9 nitrogen and oxygen atoms in total. The molecule has 0 atom stereocenters. The van der Waals surface area contributed by atoms with Crippen molar-refractivity contribution in [1.29, 1.82) is 0 Å². The molecule has 0 aliphatic rings. The van der Waals surface area contributed by atoms with E-state index < -0.39 is 10.8 Å². The Morgan fingerprint density at radius 2 is 2.19 bits per heavy atom. The van der Waals surface area contributed by atoms with Gasteiger partial charge in [-0.1, -0.05) is 11.8 Å². The maximum Gasteiger partial charge on any atom is 0.311 e. The molecule has 0 spiro atoms. The molecular weight excluding hydrogens is 394 g/mol. The van der Waals surface area contributed by atoms with Gasteiger partial charge in [-0.15, -0.1) is 11.3 Å². The van der Waals surface area contributed by atoms with Crippen molar-refractivity contribution >= 4 is 46.3 Å². The number of thioether (sulfide) groups is 1. The lowest BCUT2D eigenvalue weighted by molar-refractivity contribution is -0.384. The zero-order valence-corrected chi connectivity index (χ0v) is 16.2. The Balaban J connectivity index is 1.92. The van der Waals surface area contributed by atoms with Gasteiger partial charge in [0.05, 0.1) is 42.6 Å². The Labute approximate surface area is 163 Å². The fraction of sp³-hybridized carbons (Fsp3) is 0.312. The van der Waals surface area contributed by atoms with Crippen LogP contribution >= 0.6 is 23.1 Å². The number of thiazole rings is 1. The normalized spacial score (nSPS) is 10.3. The first kappa shape index (κ1) is 20.6. The predicted octanol–water partition coefficient (Wildman–Crippen LogP) is 2.90. The second kappa shape index (κ2) is 9.88. The maximum atomic E-state index is 12.1. The van der Waals surface area contributed by atoms with Crippen LogP contribution in [0.1, 0.15) is 12.6 Å². The quantitative estimate of drug-likeness (QED) is 0.289. The monoisotopic (exact) mass is 411 g/mol. The summed E-state index contributed by atoms with van der Waals surface area (Å²) in [6.07, 6.45) is 0.0785. The molecule has 1 heterocycles. The number of amides is 1. The van der Waals surface area contributed by atoms with E-state index in [1.165, 1.54) is 48.4 Å². The molecule has 1 aromatic heterocycles. The van der Waals surface area contributed by atoms with Gasteiger partial charge in [-0.05, 0) is 19.1 Å². The van der Waals surface area contributed by atoms with Crippen LogP contribution in [0.25, 0.3) is 0 Å². The Morgan fingerprint density at radius 3 is 2.85 bits per heavy atom. The number of carbonyl (C=O) groups is 2. The summed E-state index contributed by atoms with van der Waals surface area (Å²) < 4.78 is 10.4. The number of esters is 1. The number of nitrogens with zero attached hydrogens (tertiary/aromatic N) is 2. The highest BCUT2D eigenvalue weighted by atomic mass is 32.2. The van der Waals surface area contributed by atoms with Gasteiger partial charge in [-0.3, -0.25) is 19.7 Å². The molecule has 0 bridgehead atoms. The molecule has 2 rings (SSSR count). The average molecular weight is 411 g/mol. The number of nitro benzene ring substituents is 1. The van der Waals surface area contributed by atoms with E-state index in [0.717, 1.165) is 0 Å². The summed E-state index contributed by atoms with van der Waals surface area (Å²) in [4.78, 5) is 38.3. The first-order valence-corrected chi connectivity index (χ1v) is 9.64. The van der Waals surface area contributed by atoms with Crippen LogP contribution in [-0.4, -0.2) is 41.3 Å². The smallest absolute Gasteiger partial charge is 0.311 e. The summed E-state index contributed by atoms with van der Waals surface area (Å²) in [6.45, 7) is 2.04. The van der Waals surface area contributed by atoms with Crippen LogP contribution in [0.5, 0.6) is 5.75 Å². The molecule has 1 aromatic carbocycles. The van der Waals surface area contributed by atoms with Crippen molar-refractivity contribution < 1.29 is 24.0 Å². The van der Waals surface area contributed by atoms with E-state index in [1.807, 2.05) is 0 Å². The highest BCUT2D eigenvalue weighted by molar-refractivity contribution is 8.01. The Kier molecular flexibility index (Phi) is 7.55. The number of nitro groups is 1. The lowest BCUT2D eigenvalue weighted by Gasteiger charge is -2.07. The molecular formula is C16H17N3O6S2. The van der Waals surface area contributed by atoms with Crippen LogP contribution < -0.4 is 10.1 Å². The highest BCUT2D eigenvalue weighted by Crippen LogP contribution is 2.29. The molecule has 0 aliphatic carbocycles. The number of hydrogen-bond acceptors (Lipinski definition) is 9. The third-order valence-corrected chi connectivity index (χ3v) is 5.23. The van der Waals surface area contributed by atoms with E-state index in [2.05, 4.69) is 10.3 Å². The molecule has 144 valence electrons. The van der Waals surface area contributed by atoms with Crippen molar-refractivity contribution in [2.45, 2.75) is 17.7 Å². The third-order valence-electron chi connectivity index (χ3n) is 3.16. The standard InChI is InChI=1S/C16H17N3O6S2/c1-3-25-15(21)6-10-8-26-16(17-10)27-9-14(20)18-12-5-4-11(24-2)7-13(12)19(22)23/h4-5,7-8H,3,6,9H2,1-2H3,(H,18,20). The van der Waals surface area contributed by atoms with E-state index in [4.69, 9.17) is 9.47 Å². The maximum absolute atomic E-state index is 12.1. The molecule has 27 heavy (non-hydrogen) atoms. The predicted molar refractivity (Wildman–Crippen MR) is 101 cm³/mol. The van der Waals surface area contributed by atoms with Crippen molar-refractivity contribution in [2.24, 2.45) is 0 Å². The first-order valence-electron chi connectivity index (χ1n) is 7.78. The molecule has 11 heteroatoms. The summed E-state index contributed by atoms with van der Waals surface area (Å²) in [7, 11) is 1.40. The van der Waals surface area contributed by atoms with Crippen molar-refractivity contribution in [1.82, 2.24) is 4.98 Å². The lowest BCUT2D eigenvalue weighted by Crippen LogP contribution is -2.15. The minimum Gasteiger partial charge on any atom is -0.496 e. The van der Waals surface area contributed by atoms with Crippen LogP contribution in [0.3, 0.4) is 0 Å². The van der Waals surface area contributed by atoms with E-state index in [0.29, 0.717) is 22.4 Å². The number of carbonyl (C=O) groups excluding carboxylic acids is 2. The average Bonchev–Trinajstić information content (AvgIpc) is 3.07. The zero-order valence-electron chi connectivity index (χ0n) is 14.6. The van der Waals surface area contributed by atoms with Gasteiger partial charge in [-0.25, -0.2) is 4.98 Å². The highest BCUT2D eigenvalue weighted by Gasteiger charge is 2.18. The van der Waals surface area contributed by atoms with Gasteiger partial charge in [0.25, 0.3) is 5.69 Å². The van der Waals surface area contributed by atoms with Crippen LogP contribution in [-0.2, 0) is 20.7 Å². The zero-order chi connectivity index (χ0) is 19.8. The number of anilines is 1. The van der Waals surface area contributed by atoms with Gasteiger partial charge >= 0.3 is 5.97 Å². The summed E-state index contributed by atoms with van der Waals surface area (Å²) >= 11 is 2.49. The van der Waals surface area contributed by atoms with Crippen molar-refractivity contribution in [3.8, 4) is 5.75 Å². The second-order valence-electron chi connectivity index (χ2n) is 5.06. The van der Waals surface area contributed by atoms with Gasteiger partial charge in [0.2, 0.25) is 5.91 Å². The minimum atomic E-state index is -0.590. The topological polar surface area (TPSA) is 121 Å². The van der Waals surface area contributed by atoms with Crippen molar-refractivity contribution in [3.63, 3.8) is 0 Å². The van der Waals surface area contributed by atoms with Crippen LogP contribution in [0.2, 0.25) is 0 Å². The van der Waals surface area contributed by atoms with E-state index in [9.17, 15) is 19.7 Å². The van der Waals surface area contributed by atoms with E-state index >= 15 is 0 Å². The number of benzene rings is 1. The summed E-state index contributed by atoms with van der Waals surface area (Å²) in [5.74, 6) is -0.416. The number of hydrogen-bond donors (Lipinski definition) is 1. The summed E-state index contributed by atoms with van der Waals surface area (Å²) in [5, 5.41) is 15.4. The number of methoxy groups -OCH3 is 1. The Bertz CT molecular complexity index is 839. The van der Waals surface area contributed by atoms with Crippen molar-refractivity contribution in [3.05, 3.63) is 39.4 Å². The third kappa shape index (κ3) is 6.22. The van der Waals surface area contributed by atoms with Gasteiger partial charge in [0.15, 0.2) is 4.34 Å². The lowest BCUT2D eigenvalue weighted by atomic mass is 10.2. The minimum absolute atomic E-state index is 0.0234. The SMILES string of the molecule is CCOC(=O)Cc1csc(SCC(=O)Nc2ccc(OC)cc2[N+](=O)[O-])n1. The second-order valence-corrected chi connectivity index (χ2v) is 7.14. The van der Waals surface area contributed by atoms with Gasteiger partial charge < -0.3 is 14.8 Å². The van der Waals surface area contributed by atoms with Gasteiger partial charge in [0, 0.05) is 5.38 Å². The molecule has 0 saturated carbocycles. The van der Waals surface area contributed by atoms with E-state index in [-0.39, 0.29) is 29.5 Å². The first-order chi connectivity index (χ1) is 12.9. The van der Waals surface area contributed by atoms with E-state index in [1.54, 1.807) is 12.3 Å². The molecule has 0 unspecified atom stereocenters.